The molecule has 1 fully saturated rings. The topological polar surface area (TPSA) is 65.8 Å². The Bertz CT molecular complexity index is 978. The molecule has 0 spiro atoms. The Morgan fingerprint density at radius 2 is 1.79 bits per heavy atom. The zero-order valence-corrected chi connectivity index (χ0v) is 16.5. The van der Waals surface area contributed by atoms with Crippen molar-refractivity contribution in [2.75, 3.05) is 36.4 Å². The minimum absolute atomic E-state index is 0.0256. The number of rotatable bonds is 4. The Kier molecular flexibility index (Phi) is 5.36. The van der Waals surface area contributed by atoms with Crippen LogP contribution in [0.4, 0.5) is 10.7 Å². The van der Waals surface area contributed by atoms with E-state index in [1.807, 2.05) is 29.2 Å². The van der Waals surface area contributed by atoms with E-state index >= 15 is 0 Å². The number of carbonyl (C=O) groups excluding carboxylic acids is 2. The Morgan fingerprint density at radius 1 is 1.00 bits per heavy atom. The van der Waals surface area contributed by atoms with Gasteiger partial charge in [-0.1, -0.05) is 23.7 Å². The summed E-state index contributed by atoms with van der Waals surface area (Å²) < 4.78 is 5.08. The molecule has 1 aromatic carbocycles. The summed E-state index contributed by atoms with van der Waals surface area (Å²) in [6, 6.07) is 14.5. The van der Waals surface area contributed by atoms with Crippen molar-refractivity contribution >= 4 is 45.4 Å². The molecule has 6 nitrogen and oxygen atoms in total. The van der Waals surface area contributed by atoms with Gasteiger partial charge in [-0.2, -0.15) is 0 Å². The van der Waals surface area contributed by atoms with Crippen molar-refractivity contribution < 1.29 is 14.0 Å². The molecule has 4 rings (SSSR count). The lowest BCUT2D eigenvalue weighted by molar-refractivity contribution is 0.0751. The molecule has 1 aliphatic rings. The fourth-order valence-corrected chi connectivity index (χ4v) is 4.24. The van der Waals surface area contributed by atoms with Crippen molar-refractivity contribution in [1.82, 2.24) is 4.90 Å². The zero-order chi connectivity index (χ0) is 19.5. The molecule has 2 amide bonds. The van der Waals surface area contributed by atoms with E-state index in [4.69, 9.17) is 16.0 Å². The molecule has 1 saturated heterocycles. The third kappa shape index (κ3) is 3.90. The van der Waals surface area contributed by atoms with Gasteiger partial charge >= 0.3 is 0 Å². The number of furan rings is 1. The fraction of sp³-hybridized carbons (Fsp3) is 0.200. The SMILES string of the molecule is O=C(Nc1ccc(C(=O)N2CCN(c3ccccc3Cl)CC2)s1)c1ccco1. The highest BCUT2D eigenvalue weighted by atomic mass is 35.5. The summed E-state index contributed by atoms with van der Waals surface area (Å²) in [5.41, 5.74) is 0.996. The van der Waals surface area contributed by atoms with Gasteiger partial charge in [0.2, 0.25) is 0 Å². The molecule has 1 aliphatic heterocycles. The van der Waals surface area contributed by atoms with Gasteiger partial charge in [-0.25, -0.2) is 0 Å². The molecular weight excluding hydrogens is 398 g/mol. The third-order valence-electron chi connectivity index (χ3n) is 4.56. The van der Waals surface area contributed by atoms with Crippen LogP contribution in [0.3, 0.4) is 0 Å². The number of para-hydroxylation sites is 1. The zero-order valence-electron chi connectivity index (χ0n) is 14.9. The van der Waals surface area contributed by atoms with Crippen molar-refractivity contribution in [2.45, 2.75) is 0 Å². The van der Waals surface area contributed by atoms with Crippen LogP contribution in [0.25, 0.3) is 0 Å². The molecule has 2 aromatic heterocycles. The minimum atomic E-state index is -0.334. The molecule has 3 heterocycles. The van der Waals surface area contributed by atoms with Crippen molar-refractivity contribution in [3.05, 3.63) is 70.5 Å². The molecule has 0 bridgehead atoms. The number of hydrogen-bond donors (Lipinski definition) is 1. The Hall–Kier alpha value is -2.77. The highest BCUT2D eigenvalue weighted by molar-refractivity contribution is 7.18. The van der Waals surface area contributed by atoms with Gasteiger partial charge in [-0.3, -0.25) is 9.59 Å². The maximum atomic E-state index is 12.8. The Balaban J connectivity index is 1.36. The lowest BCUT2D eigenvalue weighted by Crippen LogP contribution is -2.48. The van der Waals surface area contributed by atoms with Crippen molar-refractivity contribution in [3.63, 3.8) is 0 Å². The maximum Gasteiger partial charge on any atom is 0.291 e. The average Bonchev–Trinajstić information content (AvgIpc) is 3.40. The van der Waals surface area contributed by atoms with E-state index in [-0.39, 0.29) is 17.6 Å². The van der Waals surface area contributed by atoms with Gasteiger partial charge in [-0.15, -0.1) is 11.3 Å². The first-order chi connectivity index (χ1) is 13.6. The van der Waals surface area contributed by atoms with Crippen LogP contribution < -0.4 is 10.2 Å². The summed E-state index contributed by atoms with van der Waals surface area (Å²) in [5, 5.41) is 4.08. The summed E-state index contributed by atoms with van der Waals surface area (Å²) in [7, 11) is 0. The van der Waals surface area contributed by atoms with Crippen LogP contribution in [0.15, 0.2) is 59.2 Å². The summed E-state index contributed by atoms with van der Waals surface area (Å²) in [6.45, 7) is 2.69. The van der Waals surface area contributed by atoms with E-state index in [0.29, 0.717) is 23.0 Å². The first-order valence-electron chi connectivity index (χ1n) is 8.85. The predicted molar refractivity (Wildman–Crippen MR) is 111 cm³/mol. The van der Waals surface area contributed by atoms with Crippen LogP contribution in [-0.2, 0) is 0 Å². The normalized spacial score (nSPS) is 14.2. The Morgan fingerprint density at radius 3 is 2.50 bits per heavy atom. The quantitative estimate of drug-likeness (QED) is 0.693. The van der Waals surface area contributed by atoms with Gasteiger partial charge < -0.3 is 19.5 Å². The number of nitrogens with zero attached hydrogens (tertiary/aromatic N) is 2. The molecule has 1 N–H and O–H groups in total. The van der Waals surface area contributed by atoms with Gasteiger partial charge in [-0.05, 0) is 36.4 Å². The van der Waals surface area contributed by atoms with Gasteiger partial charge in [0.15, 0.2) is 5.76 Å². The number of thiophene rings is 1. The van der Waals surface area contributed by atoms with Crippen LogP contribution in [0.2, 0.25) is 5.02 Å². The number of nitrogens with one attached hydrogen (secondary N) is 1. The van der Waals surface area contributed by atoms with Crippen molar-refractivity contribution in [3.8, 4) is 0 Å². The molecule has 28 heavy (non-hydrogen) atoms. The van der Waals surface area contributed by atoms with Gasteiger partial charge in [0, 0.05) is 26.2 Å². The summed E-state index contributed by atoms with van der Waals surface area (Å²) in [4.78, 5) is 29.5. The standard InChI is InChI=1S/C20H18ClN3O3S/c21-14-4-1-2-5-15(14)23-9-11-24(12-10-23)20(26)17-7-8-18(28-17)22-19(25)16-6-3-13-27-16/h1-8,13H,9-12H2,(H,22,25). The molecule has 3 aromatic rings. The van der Waals surface area contributed by atoms with Crippen LogP contribution in [0, 0.1) is 0 Å². The summed E-state index contributed by atoms with van der Waals surface area (Å²) >= 11 is 7.53. The molecule has 0 unspecified atom stereocenters. The number of piperazine rings is 1. The third-order valence-corrected chi connectivity index (χ3v) is 5.87. The van der Waals surface area contributed by atoms with Crippen molar-refractivity contribution in [1.29, 1.82) is 0 Å². The fourth-order valence-electron chi connectivity index (χ4n) is 3.12. The highest BCUT2D eigenvalue weighted by Crippen LogP contribution is 2.28. The minimum Gasteiger partial charge on any atom is -0.459 e. The Labute approximate surface area is 171 Å². The number of hydrogen-bond acceptors (Lipinski definition) is 5. The van der Waals surface area contributed by atoms with Gasteiger partial charge in [0.1, 0.15) is 0 Å². The van der Waals surface area contributed by atoms with E-state index in [0.717, 1.165) is 23.8 Å². The lowest BCUT2D eigenvalue weighted by Gasteiger charge is -2.36. The number of anilines is 2. The second-order valence-electron chi connectivity index (χ2n) is 6.33. The predicted octanol–water partition coefficient (Wildman–Crippen LogP) is 4.21. The second kappa shape index (κ2) is 8.08. The number of amides is 2. The molecule has 0 aliphatic carbocycles. The van der Waals surface area contributed by atoms with E-state index < -0.39 is 0 Å². The molecule has 0 radical (unpaired) electrons. The van der Waals surface area contributed by atoms with Crippen LogP contribution >= 0.6 is 22.9 Å². The smallest absolute Gasteiger partial charge is 0.291 e. The molecule has 144 valence electrons. The van der Waals surface area contributed by atoms with E-state index in [2.05, 4.69) is 10.2 Å². The van der Waals surface area contributed by atoms with Crippen LogP contribution in [0.5, 0.6) is 0 Å². The molecule has 8 heteroatoms. The first-order valence-corrected chi connectivity index (χ1v) is 10.0. The molecule has 0 saturated carbocycles. The van der Waals surface area contributed by atoms with E-state index in [1.165, 1.54) is 17.6 Å². The van der Waals surface area contributed by atoms with Gasteiger partial charge in [0.25, 0.3) is 11.8 Å². The molecule has 0 atom stereocenters. The van der Waals surface area contributed by atoms with Crippen LogP contribution in [0.1, 0.15) is 20.2 Å². The maximum absolute atomic E-state index is 12.8. The second-order valence-corrected chi connectivity index (χ2v) is 7.82. The number of halogens is 1. The van der Waals surface area contributed by atoms with Gasteiger partial charge in [0.05, 0.1) is 26.9 Å². The molecular formula is C20H18ClN3O3S. The summed E-state index contributed by atoms with van der Waals surface area (Å²) in [6.07, 6.45) is 1.44. The lowest BCUT2D eigenvalue weighted by atomic mass is 10.2. The number of benzene rings is 1. The van der Waals surface area contributed by atoms with E-state index in [1.54, 1.807) is 24.3 Å². The van der Waals surface area contributed by atoms with Crippen LogP contribution in [-0.4, -0.2) is 42.9 Å². The summed E-state index contributed by atoms with van der Waals surface area (Å²) in [5.74, 6) is -0.126. The first kappa shape index (κ1) is 18.6. The average molecular weight is 416 g/mol. The van der Waals surface area contributed by atoms with E-state index in [9.17, 15) is 9.59 Å². The number of carbonyl (C=O) groups is 2. The monoisotopic (exact) mass is 415 g/mol. The highest BCUT2D eigenvalue weighted by Gasteiger charge is 2.24. The largest absolute Gasteiger partial charge is 0.459 e. The van der Waals surface area contributed by atoms with Crippen molar-refractivity contribution in [2.24, 2.45) is 0 Å².